The summed E-state index contributed by atoms with van der Waals surface area (Å²) in [5, 5.41) is 5.69. The lowest BCUT2D eigenvalue weighted by molar-refractivity contribution is 0.0941. The number of hydrogen-bond acceptors (Lipinski definition) is 4. The fourth-order valence-electron chi connectivity index (χ4n) is 4.79. The molecule has 1 aliphatic heterocycles. The van der Waals surface area contributed by atoms with Crippen LogP contribution in [0.1, 0.15) is 35.5 Å². The van der Waals surface area contributed by atoms with Crippen LogP contribution in [-0.4, -0.2) is 55.1 Å². The number of para-hydroxylation sites is 1. The fraction of sp³-hybridized carbons (Fsp3) is 0.345. The Balaban J connectivity index is 1.34. The number of nitrogens with one attached hydrogen (secondary N) is 2. The summed E-state index contributed by atoms with van der Waals surface area (Å²) in [5.74, 6) is 0.0133. The number of aromatic nitrogens is 1. The topological polar surface area (TPSA) is 51.4 Å². The summed E-state index contributed by atoms with van der Waals surface area (Å²) in [4.78, 5) is 22.3. The second-order valence-corrected chi connectivity index (χ2v) is 11.0. The normalized spacial score (nSPS) is 15.5. The SMILES string of the molecule is CC(C)=CCC(Cc1c[nH]c2ccccc12)NC(=O)c1cc2ccc(N3CCN(C)CC3)cc2s1. The van der Waals surface area contributed by atoms with E-state index in [1.54, 1.807) is 11.3 Å². The van der Waals surface area contributed by atoms with Gasteiger partial charge in [-0.05, 0) is 69.0 Å². The lowest BCUT2D eigenvalue weighted by Gasteiger charge is -2.34. The van der Waals surface area contributed by atoms with Gasteiger partial charge >= 0.3 is 0 Å². The van der Waals surface area contributed by atoms with Gasteiger partial charge in [-0.3, -0.25) is 4.79 Å². The van der Waals surface area contributed by atoms with Crippen molar-refractivity contribution in [1.82, 2.24) is 15.2 Å². The molecule has 4 aromatic rings. The van der Waals surface area contributed by atoms with Gasteiger partial charge in [-0.2, -0.15) is 0 Å². The number of likely N-dealkylation sites (N-methyl/N-ethyl adjacent to an activating group) is 1. The van der Waals surface area contributed by atoms with E-state index in [2.05, 4.69) is 89.7 Å². The minimum Gasteiger partial charge on any atom is -0.369 e. The van der Waals surface area contributed by atoms with Crippen LogP contribution in [0.2, 0.25) is 0 Å². The van der Waals surface area contributed by atoms with Crippen molar-refractivity contribution in [3.8, 4) is 0 Å². The molecule has 1 saturated heterocycles. The lowest BCUT2D eigenvalue weighted by Crippen LogP contribution is -2.44. The van der Waals surface area contributed by atoms with Crippen LogP contribution in [-0.2, 0) is 6.42 Å². The fourth-order valence-corrected chi connectivity index (χ4v) is 5.79. The monoisotopic (exact) mass is 486 g/mol. The molecule has 182 valence electrons. The molecule has 2 aromatic heterocycles. The molecule has 0 saturated carbocycles. The highest BCUT2D eigenvalue weighted by atomic mass is 32.1. The van der Waals surface area contributed by atoms with E-state index >= 15 is 0 Å². The quantitative estimate of drug-likeness (QED) is 0.323. The van der Waals surface area contributed by atoms with Crippen molar-refractivity contribution in [2.75, 3.05) is 38.1 Å². The van der Waals surface area contributed by atoms with Crippen LogP contribution in [0.15, 0.2) is 66.4 Å². The van der Waals surface area contributed by atoms with E-state index in [1.807, 2.05) is 12.1 Å². The van der Waals surface area contributed by atoms with Crippen LogP contribution in [0, 0.1) is 0 Å². The van der Waals surface area contributed by atoms with E-state index in [9.17, 15) is 4.79 Å². The van der Waals surface area contributed by atoms with Crippen LogP contribution >= 0.6 is 11.3 Å². The summed E-state index contributed by atoms with van der Waals surface area (Å²) >= 11 is 1.59. The summed E-state index contributed by atoms with van der Waals surface area (Å²) in [6.07, 6.45) is 5.89. The number of hydrogen-bond donors (Lipinski definition) is 2. The van der Waals surface area contributed by atoms with Gasteiger partial charge in [0, 0.05) is 59.7 Å². The number of aromatic amines is 1. The van der Waals surface area contributed by atoms with Crippen LogP contribution in [0.4, 0.5) is 5.69 Å². The lowest BCUT2D eigenvalue weighted by atomic mass is 10.0. The number of allylic oxidation sites excluding steroid dienone is 1. The standard InChI is InChI=1S/C29H34N4OS/c1-20(2)8-10-23(16-22-19-30-26-7-5-4-6-25(22)26)31-29(34)28-17-21-9-11-24(18-27(21)35-28)33-14-12-32(3)13-15-33/h4-9,11,17-19,23,30H,10,12-16H2,1-3H3,(H,31,34). The number of amides is 1. The van der Waals surface area contributed by atoms with E-state index in [0.29, 0.717) is 0 Å². The third kappa shape index (κ3) is 5.44. The van der Waals surface area contributed by atoms with Crippen molar-refractivity contribution in [2.45, 2.75) is 32.7 Å². The highest BCUT2D eigenvalue weighted by Crippen LogP contribution is 2.30. The van der Waals surface area contributed by atoms with Gasteiger partial charge in [-0.15, -0.1) is 11.3 Å². The predicted molar refractivity (Wildman–Crippen MR) is 149 cm³/mol. The number of carbonyl (C=O) groups excluding carboxylic acids is 1. The highest BCUT2D eigenvalue weighted by molar-refractivity contribution is 7.20. The Morgan fingerprint density at radius 1 is 1.11 bits per heavy atom. The molecule has 1 fully saturated rings. The van der Waals surface area contributed by atoms with Gasteiger partial charge < -0.3 is 20.1 Å². The molecular weight excluding hydrogens is 452 g/mol. The first-order valence-electron chi connectivity index (χ1n) is 12.4. The average molecular weight is 487 g/mol. The Morgan fingerprint density at radius 3 is 2.71 bits per heavy atom. The number of H-pyrrole nitrogens is 1. The van der Waals surface area contributed by atoms with Gasteiger partial charge in [0.05, 0.1) is 4.88 Å². The zero-order chi connectivity index (χ0) is 24.4. The number of piperazine rings is 1. The number of thiophene rings is 1. The Labute approximate surface area is 211 Å². The number of nitrogens with zero attached hydrogens (tertiary/aromatic N) is 2. The summed E-state index contributed by atoms with van der Waals surface area (Å²) in [5.41, 5.74) is 4.89. The second kappa shape index (κ2) is 10.3. The van der Waals surface area contributed by atoms with E-state index in [1.165, 1.54) is 26.9 Å². The van der Waals surface area contributed by atoms with Gasteiger partial charge in [-0.25, -0.2) is 0 Å². The first kappa shape index (κ1) is 23.6. The van der Waals surface area contributed by atoms with Gasteiger partial charge in [0.2, 0.25) is 0 Å². The maximum absolute atomic E-state index is 13.3. The molecule has 1 aliphatic rings. The van der Waals surface area contributed by atoms with E-state index < -0.39 is 0 Å². The number of benzene rings is 2. The smallest absolute Gasteiger partial charge is 0.261 e. The molecule has 6 heteroatoms. The van der Waals surface area contributed by atoms with Crippen molar-refractivity contribution < 1.29 is 4.79 Å². The number of fused-ring (bicyclic) bond motifs is 2. The molecule has 2 N–H and O–H groups in total. The van der Waals surface area contributed by atoms with Crippen LogP contribution in [0.25, 0.3) is 21.0 Å². The summed E-state index contributed by atoms with van der Waals surface area (Å²) in [6.45, 7) is 8.46. The zero-order valence-corrected chi connectivity index (χ0v) is 21.6. The van der Waals surface area contributed by atoms with Gasteiger partial charge in [0.15, 0.2) is 0 Å². The third-order valence-electron chi connectivity index (χ3n) is 6.88. The molecular formula is C29H34N4OS. The summed E-state index contributed by atoms with van der Waals surface area (Å²) < 4.78 is 1.17. The Bertz CT molecular complexity index is 1360. The van der Waals surface area contributed by atoms with E-state index in [4.69, 9.17) is 0 Å². The third-order valence-corrected chi connectivity index (χ3v) is 7.98. The molecule has 1 amide bonds. The second-order valence-electron chi connectivity index (χ2n) is 9.87. The number of rotatable bonds is 7. The van der Waals surface area contributed by atoms with E-state index in [0.717, 1.165) is 54.8 Å². The molecule has 5 nitrogen and oxygen atoms in total. The van der Waals surface area contributed by atoms with Crippen LogP contribution < -0.4 is 10.2 Å². The van der Waals surface area contributed by atoms with Gasteiger partial charge in [0.1, 0.15) is 0 Å². The van der Waals surface area contributed by atoms with Crippen LogP contribution in [0.3, 0.4) is 0 Å². The summed E-state index contributed by atoms with van der Waals surface area (Å²) in [7, 11) is 2.17. The van der Waals surface area contributed by atoms with E-state index in [-0.39, 0.29) is 11.9 Å². The minimum absolute atomic E-state index is 0.0133. The Kier molecular flexibility index (Phi) is 6.93. The summed E-state index contributed by atoms with van der Waals surface area (Å²) in [6, 6.07) is 17.0. The van der Waals surface area contributed by atoms with Crippen molar-refractivity contribution in [3.05, 3.63) is 76.8 Å². The predicted octanol–water partition coefficient (Wildman–Crippen LogP) is 5.83. The Hall–Kier alpha value is -3.09. The first-order valence-corrected chi connectivity index (χ1v) is 13.2. The minimum atomic E-state index is 0.0133. The van der Waals surface area contributed by atoms with Gasteiger partial charge in [0.25, 0.3) is 5.91 Å². The highest BCUT2D eigenvalue weighted by Gasteiger charge is 2.19. The van der Waals surface area contributed by atoms with Crippen molar-refractivity contribution in [1.29, 1.82) is 0 Å². The first-order chi connectivity index (χ1) is 17.0. The maximum atomic E-state index is 13.3. The molecule has 1 unspecified atom stereocenters. The Morgan fingerprint density at radius 2 is 1.91 bits per heavy atom. The number of anilines is 1. The average Bonchev–Trinajstić information content (AvgIpc) is 3.47. The van der Waals surface area contributed by atoms with Crippen molar-refractivity contribution in [3.63, 3.8) is 0 Å². The number of carbonyl (C=O) groups is 1. The van der Waals surface area contributed by atoms with Crippen LogP contribution in [0.5, 0.6) is 0 Å². The molecule has 0 aliphatic carbocycles. The van der Waals surface area contributed by atoms with Crippen molar-refractivity contribution in [2.24, 2.45) is 0 Å². The van der Waals surface area contributed by atoms with Gasteiger partial charge in [-0.1, -0.05) is 35.9 Å². The molecule has 1 atom stereocenters. The molecule has 2 aromatic carbocycles. The molecule has 0 spiro atoms. The largest absolute Gasteiger partial charge is 0.369 e. The zero-order valence-electron chi connectivity index (χ0n) is 20.8. The molecule has 3 heterocycles. The molecule has 0 radical (unpaired) electrons. The molecule has 35 heavy (non-hydrogen) atoms. The maximum Gasteiger partial charge on any atom is 0.261 e. The molecule has 0 bridgehead atoms. The molecule has 5 rings (SSSR count). The van der Waals surface area contributed by atoms with Crippen molar-refractivity contribution >= 4 is 43.9 Å².